The Labute approximate surface area is 304 Å². The molecule has 0 saturated carbocycles. The number of carbonyl (C=O) groups is 2. The highest BCUT2D eigenvalue weighted by molar-refractivity contribution is 6.62. The van der Waals surface area contributed by atoms with Gasteiger partial charge >= 0.3 is 31.4 Å². The van der Waals surface area contributed by atoms with E-state index < -0.39 is 42.3 Å². The van der Waals surface area contributed by atoms with Crippen LogP contribution in [-0.2, 0) is 44.3 Å². The van der Waals surface area contributed by atoms with Gasteiger partial charge in [0.15, 0.2) is 5.82 Å². The van der Waals surface area contributed by atoms with Crippen LogP contribution >= 0.6 is 0 Å². The molecule has 0 unspecified atom stereocenters. The molecule has 0 spiro atoms. The van der Waals surface area contributed by atoms with Crippen molar-refractivity contribution in [3.63, 3.8) is 0 Å². The van der Waals surface area contributed by atoms with Crippen molar-refractivity contribution in [2.24, 2.45) is 0 Å². The van der Waals surface area contributed by atoms with Crippen LogP contribution in [0.1, 0.15) is 70.7 Å². The lowest BCUT2D eigenvalue weighted by molar-refractivity contribution is -0.143. The highest BCUT2D eigenvalue weighted by atomic mass is 19.4. The van der Waals surface area contributed by atoms with E-state index in [4.69, 9.17) is 18.8 Å². The quantitative estimate of drug-likeness (QED) is 0.110. The number of halogens is 6. The number of hydrogen-bond acceptors (Lipinski definition) is 9. The number of rotatable bonds is 4. The molecule has 0 bridgehead atoms. The minimum Gasteiger partial charge on any atom is -0.457 e. The molecule has 4 heterocycles. The Morgan fingerprint density at radius 2 is 1.20 bits per heavy atom. The topological polar surface area (TPSA) is 109 Å². The van der Waals surface area contributed by atoms with Gasteiger partial charge in [-0.25, -0.2) is 9.59 Å². The zero-order chi connectivity index (χ0) is 38.8. The zero-order valence-corrected chi connectivity index (χ0v) is 29.1. The first kappa shape index (κ1) is 36.9. The average Bonchev–Trinajstić information content (AvgIpc) is 3.74. The number of fused-ring (bicyclic) bond motifs is 3. The Balaban J connectivity index is 0.000000199. The molecule has 8 rings (SSSR count). The normalized spacial score (nSPS) is 17.0. The monoisotopic (exact) mass is 749 g/mol. The van der Waals surface area contributed by atoms with Gasteiger partial charge in [0.1, 0.15) is 18.9 Å². The third-order valence-corrected chi connectivity index (χ3v) is 9.73. The van der Waals surface area contributed by atoms with Crippen molar-refractivity contribution < 1.29 is 54.7 Å². The minimum absolute atomic E-state index is 0.0172. The second kappa shape index (κ2) is 13.1. The van der Waals surface area contributed by atoms with E-state index >= 15 is 0 Å². The van der Waals surface area contributed by atoms with E-state index in [0.717, 1.165) is 11.0 Å². The molecule has 1 fully saturated rings. The van der Waals surface area contributed by atoms with E-state index in [2.05, 4.69) is 15.5 Å². The second-order valence-corrected chi connectivity index (χ2v) is 13.9. The van der Waals surface area contributed by atoms with Gasteiger partial charge in [-0.3, -0.25) is 0 Å². The summed E-state index contributed by atoms with van der Waals surface area (Å²) >= 11 is 0. The summed E-state index contributed by atoms with van der Waals surface area (Å²) in [7, 11) is -0.397. The summed E-state index contributed by atoms with van der Waals surface area (Å²) in [5, 5.41) is 11.8. The number of nitrogens with one attached hydrogen (secondary N) is 1. The number of esters is 2. The molecule has 0 aliphatic carbocycles. The van der Waals surface area contributed by atoms with E-state index in [1.165, 1.54) is 0 Å². The summed E-state index contributed by atoms with van der Waals surface area (Å²) in [5.74, 6) is -0.701. The molecule has 16 heteroatoms. The summed E-state index contributed by atoms with van der Waals surface area (Å²) < 4.78 is 101. The molecule has 0 atom stereocenters. The smallest absolute Gasteiger partial charge is 0.457 e. The third-order valence-electron chi connectivity index (χ3n) is 9.73. The summed E-state index contributed by atoms with van der Waals surface area (Å²) in [4.78, 5) is 23.1. The highest BCUT2D eigenvalue weighted by Crippen LogP contribution is 2.40. The van der Waals surface area contributed by atoms with E-state index in [-0.39, 0.29) is 35.7 Å². The maximum absolute atomic E-state index is 13.2. The molecule has 3 aliphatic heterocycles. The number of ether oxygens (including phenoxy) is 2. The minimum atomic E-state index is -4.98. The molecule has 1 saturated heterocycles. The molecular formula is C38H30BF6N3O6. The lowest BCUT2D eigenvalue weighted by Crippen LogP contribution is -2.41. The highest BCUT2D eigenvalue weighted by Gasteiger charge is 2.52. The number of carbonyl (C=O) groups excluding carboxylic acids is 2. The summed E-state index contributed by atoms with van der Waals surface area (Å²) in [6, 6.07) is 18.5. The van der Waals surface area contributed by atoms with Gasteiger partial charge in [0.05, 0.1) is 33.5 Å². The molecule has 1 aromatic heterocycles. The molecule has 278 valence electrons. The maximum Gasteiger partial charge on any atom is 0.494 e. The number of nitrogens with zero attached hydrogens (tertiary/aromatic N) is 2. The zero-order valence-electron chi connectivity index (χ0n) is 29.1. The van der Waals surface area contributed by atoms with Crippen LogP contribution < -0.4 is 10.8 Å². The number of cyclic esters (lactones) is 2. The molecule has 0 radical (unpaired) electrons. The van der Waals surface area contributed by atoms with Gasteiger partial charge in [-0.05, 0) is 69.6 Å². The van der Waals surface area contributed by atoms with Crippen molar-refractivity contribution in [1.29, 1.82) is 0 Å². The molecule has 5 aromatic rings. The van der Waals surface area contributed by atoms with Crippen LogP contribution in [0.5, 0.6) is 0 Å². The Hall–Kier alpha value is -5.48. The number of anilines is 2. The Kier molecular flexibility index (Phi) is 8.96. The van der Waals surface area contributed by atoms with Crippen LogP contribution in [0, 0.1) is 0 Å². The molecule has 1 N–H and O–H groups in total. The molecule has 3 aliphatic rings. The van der Waals surface area contributed by atoms with Crippen molar-refractivity contribution in [3.05, 3.63) is 112 Å². The fourth-order valence-electron chi connectivity index (χ4n) is 6.13. The second-order valence-electron chi connectivity index (χ2n) is 13.9. The van der Waals surface area contributed by atoms with E-state index in [1.54, 1.807) is 48.5 Å². The van der Waals surface area contributed by atoms with Crippen LogP contribution in [0.25, 0.3) is 22.0 Å². The van der Waals surface area contributed by atoms with Crippen LogP contribution in [0.2, 0.25) is 0 Å². The predicted octanol–water partition coefficient (Wildman–Crippen LogP) is 8.40. The number of benzene rings is 4. The first-order valence-corrected chi connectivity index (χ1v) is 16.6. The van der Waals surface area contributed by atoms with Gasteiger partial charge in [-0.1, -0.05) is 42.5 Å². The van der Waals surface area contributed by atoms with Crippen molar-refractivity contribution >= 4 is 46.8 Å². The molecule has 0 amide bonds. The van der Waals surface area contributed by atoms with Gasteiger partial charge in [0.25, 0.3) is 0 Å². The molecule has 9 nitrogen and oxygen atoms in total. The Morgan fingerprint density at radius 1 is 0.667 bits per heavy atom. The van der Waals surface area contributed by atoms with Gasteiger partial charge in [-0.15, -0.1) is 10.2 Å². The van der Waals surface area contributed by atoms with Crippen LogP contribution in [0.3, 0.4) is 0 Å². The lowest BCUT2D eigenvalue weighted by atomic mass is 9.78. The first-order chi connectivity index (χ1) is 25.3. The number of hydrogen-bond donors (Lipinski definition) is 1. The standard InChI is InChI=1S/C24H13F6N3O2.C14H17BO4/c25-23(26,27)14-8-15(24(28,29)30)10-16(9-14)31-21-19-4-2-1-3-18(19)20(32-33-21)12-5-6-17-13(7-12)11-35-22(17)34;1-13(2)14(3,4)19-15(18-13)10-5-6-11-9(7-10)8-17-12(11)16/h1-10H,11H2,(H,31,33);5-7H,8H2,1-4H3. The fourth-order valence-corrected chi connectivity index (χ4v) is 6.13. The predicted molar refractivity (Wildman–Crippen MR) is 185 cm³/mol. The van der Waals surface area contributed by atoms with Crippen LogP contribution in [-0.4, -0.2) is 40.5 Å². The Morgan fingerprint density at radius 3 is 1.78 bits per heavy atom. The van der Waals surface area contributed by atoms with E-state index in [0.29, 0.717) is 57.5 Å². The lowest BCUT2D eigenvalue weighted by Gasteiger charge is -2.32. The summed E-state index contributed by atoms with van der Waals surface area (Å²) in [5.41, 5.74) is 0.576. The van der Waals surface area contributed by atoms with Gasteiger partial charge in [-0.2, -0.15) is 26.3 Å². The van der Waals surface area contributed by atoms with Gasteiger partial charge < -0.3 is 24.1 Å². The van der Waals surface area contributed by atoms with Crippen LogP contribution in [0.4, 0.5) is 37.8 Å². The van der Waals surface area contributed by atoms with Crippen molar-refractivity contribution in [3.8, 4) is 11.3 Å². The number of alkyl halides is 6. The van der Waals surface area contributed by atoms with Crippen molar-refractivity contribution in [2.75, 3.05) is 5.32 Å². The third kappa shape index (κ3) is 6.98. The van der Waals surface area contributed by atoms with Gasteiger partial charge in [0.2, 0.25) is 0 Å². The van der Waals surface area contributed by atoms with Crippen molar-refractivity contribution in [1.82, 2.24) is 10.2 Å². The largest absolute Gasteiger partial charge is 0.494 e. The van der Waals surface area contributed by atoms with Crippen molar-refractivity contribution in [2.45, 2.75) is 64.5 Å². The molecule has 4 aromatic carbocycles. The fraction of sp³-hybridized carbons (Fsp3) is 0.263. The molecule has 54 heavy (non-hydrogen) atoms. The summed E-state index contributed by atoms with van der Waals surface area (Å²) in [6.45, 7) is 8.53. The average molecular weight is 749 g/mol. The Bertz CT molecular complexity index is 2280. The SMILES string of the molecule is CC1(C)OB(c2ccc3c(c2)COC3=O)OC1(C)C.O=C1OCc2cc(-c3nnc(Nc4cc(C(F)(F)F)cc(C(F)(F)F)c4)c4ccccc34)ccc21. The first-order valence-electron chi connectivity index (χ1n) is 16.6. The van der Waals surface area contributed by atoms with E-state index in [1.807, 2.05) is 39.8 Å². The maximum atomic E-state index is 13.2. The number of aromatic nitrogens is 2. The van der Waals surface area contributed by atoms with Gasteiger partial charge in [0, 0.05) is 33.2 Å². The molecular weight excluding hydrogens is 719 g/mol. The van der Waals surface area contributed by atoms with E-state index in [9.17, 15) is 35.9 Å². The van der Waals surface area contributed by atoms with Crippen LogP contribution in [0.15, 0.2) is 78.9 Å². The summed E-state index contributed by atoms with van der Waals surface area (Å²) in [6.07, 6.45) is -9.96.